The molecule has 2 heterocycles. The quantitative estimate of drug-likeness (QED) is 0.761. The lowest BCUT2D eigenvalue weighted by atomic mass is 10.0. The van der Waals surface area contributed by atoms with Gasteiger partial charge in [-0.2, -0.15) is 0 Å². The highest BCUT2D eigenvalue weighted by Crippen LogP contribution is 2.20. The molecule has 0 amide bonds. The average Bonchev–Trinajstić information content (AvgIpc) is 2.26. The van der Waals surface area contributed by atoms with E-state index in [0.29, 0.717) is 19.5 Å². The summed E-state index contributed by atoms with van der Waals surface area (Å²) < 4.78 is 38.9. The van der Waals surface area contributed by atoms with Crippen molar-refractivity contribution in [3.63, 3.8) is 0 Å². The number of esters is 1. The number of hydrogen-bond acceptors (Lipinski definition) is 4. The Kier molecular flexibility index (Phi) is 3.01. The largest absolute Gasteiger partial charge is 0.575 e. The van der Waals surface area contributed by atoms with Crippen molar-refractivity contribution in [2.45, 2.75) is 19.3 Å². The summed E-state index contributed by atoms with van der Waals surface area (Å²) in [7, 11) is 0. The third kappa shape index (κ3) is 2.94. The molecule has 17 heavy (non-hydrogen) atoms. The van der Waals surface area contributed by atoms with Crippen LogP contribution in [0, 0.1) is 0 Å². The standard InChI is InChI=1S/C10H9F3N2O2/c11-10(12,13)17-9(16)7-3-6-1-2-14-5-8(6)15-4-7/h3-4,14H,1-2,5H2. The van der Waals surface area contributed by atoms with E-state index < -0.39 is 12.3 Å². The Morgan fingerprint density at radius 2 is 2.24 bits per heavy atom. The number of halogens is 3. The minimum atomic E-state index is -4.96. The topological polar surface area (TPSA) is 51.2 Å². The van der Waals surface area contributed by atoms with Crippen LogP contribution in [0.5, 0.6) is 0 Å². The van der Waals surface area contributed by atoms with Gasteiger partial charge in [0.05, 0.1) is 11.3 Å². The number of alkyl halides is 3. The molecule has 4 nitrogen and oxygen atoms in total. The highest BCUT2D eigenvalue weighted by molar-refractivity contribution is 5.89. The molecule has 0 unspecified atom stereocenters. The molecule has 0 aliphatic carbocycles. The lowest BCUT2D eigenvalue weighted by molar-refractivity contribution is -0.291. The van der Waals surface area contributed by atoms with Gasteiger partial charge in [0.2, 0.25) is 0 Å². The smallest absolute Gasteiger partial charge is 0.369 e. The first-order chi connectivity index (χ1) is 7.96. The molecule has 0 fully saturated rings. The number of rotatable bonds is 1. The summed E-state index contributed by atoms with van der Waals surface area (Å²) in [5, 5.41) is 3.07. The van der Waals surface area contributed by atoms with Crippen LogP contribution in [0.15, 0.2) is 12.3 Å². The fraction of sp³-hybridized carbons (Fsp3) is 0.400. The summed E-state index contributed by atoms with van der Waals surface area (Å²) in [6.07, 6.45) is -3.23. The van der Waals surface area contributed by atoms with Gasteiger partial charge in [-0.05, 0) is 24.6 Å². The van der Waals surface area contributed by atoms with Crippen molar-refractivity contribution in [3.8, 4) is 0 Å². The molecule has 0 atom stereocenters. The summed E-state index contributed by atoms with van der Waals surface area (Å²) in [4.78, 5) is 15.1. The molecule has 0 spiro atoms. The molecular weight excluding hydrogens is 237 g/mol. The highest BCUT2D eigenvalue weighted by Gasteiger charge is 2.34. The van der Waals surface area contributed by atoms with Gasteiger partial charge in [0.25, 0.3) is 0 Å². The number of carbonyl (C=O) groups is 1. The minimum absolute atomic E-state index is 0.178. The van der Waals surface area contributed by atoms with Crippen molar-refractivity contribution < 1.29 is 22.7 Å². The normalized spacial score (nSPS) is 15.2. The zero-order valence-electron chi connectivity index (χ0n) is 8.67. The van der Waals surface area contributed by atoms with Crippen molar-refractivity contribution in [1.82, 2.24) is 10.3 Å². The van der Waals surface area contributed by atoms with Crippen molar-refractivity contribution in [2.24, 2.45) is 0 Å². The van der Waals surface area contributed by atoms with Crippen LogP contribution in [0.4, 0.5) is 13.2 Å². The van der Waals surface area contributed by atoms with Crippen LogP contribution in [0.3, 0.4) is 0 Å². The molecule has 0 saturated heterocycles. The Bertz CT molecular complexity index is 446. The molecule has 0 radical (unpaired) electrons. The maximum atomic E-state index is 11.9. The lowest BCUT2D eigenvalue weighted by Gasteiger charge is -2.16. The number of nitrogens with zero attached hydrogens (tertiary/aromatic N) is 1. The maximum absolute atomic E-state index is 11.9. The summed E-state index contributed by atoms with van der Waals surface area (Å²) in [5.74, 6) is -1.42. The highest BCUT2D eigenvalue weighted by atomic mass is 19.4. The summed E-state index contributed by atoms with van der Waals surface area (Å²) in [5.41, 5.74) is 1.35. The summed E-state index contributed by atoms with van der Waals surface area (Å²) in [6.45, 7) is 1.27. The average molecular weight is 246 g/mol. The number of nitrogens with one attached hydrogen (secondary N) is 1. The number of pyridine rings is 1. The van der Waals surface area contributed by atoms with E-state index in [1.807, 2.05) is 0 Å². The van der Waals surface area contributed by atoms with E-state index in [2.05, 4.69) is 15.0 Å². The number of carbonyl (C=O) groups excluding carboxylic acids is 1. The predicted molar refractivity (Wildman–Crippen MR) is 51.1 cm³/mol. The van der Waals surface area contributed by atoms with Crippen molar-refractivity contribution in [2.75, 3.05) is 6.54 Å². The van der Waals surface area contributed by atoms with E-state index in [1.165, 1.54) is 6.07 Å². The first-order valence-corrected chi connectivity index (χ1v) is 4.94. The van der Waals surface area contributed by atoms with Gasteiger partial charge in [-0.15, -0.1) is 13.2 Å². The van der Waals surface area contributed by atoms with E-state index in [0.717, 1.165) is 17.5 Å². The predicted octanol–water partition coefficient (Wildman–Crippen LogP) is 1.40. The van der Waals surface area contributed by atoms with Crippen LogP contribution < -0.4 is 5.32 Å². The van der Waals surface area contributed by atoms with E-state index in [4.69, 9.17) is 0 Å². The van der Waals surface area contributed by atoms with Crippen molar-refractivity contribution in [1.29, 1.82) is 0 Å². The zero-order chi connectivity index (χ0) is 12.5. The molecule has 7 heteroatoms. The third-order valence-electron chi connectivity index (χ3n) is 2.37. The van der Waals surface area contributed by atoms with E-state index in [1.54, 1.807) is 0 Å². The Morgan fingerprint density at radius 3 is 2.94 bits per heavy atom. The molecule has 1 aliphatic heterocycles. The van der Waals surface area contributed by atoms with E-state index in [9.17, 15) is 18.0 Å². The fourth-order valence-corrected chi connectivity index (χ4v) is 1.62. The Labute approximate surface area is 94.8 Å². The summed E-state index contributed by atoms with van der Waals surface area (Å²) in [6, 6.07) is 1.40. The molecule has 1 aromatic rings. The number of fused-ring (bicyclic) bond motifs is 1. The van der Waals surface area contributed by atoms with E-state index in [-0.39, 0.29) is 5.56 Å². The molecule has 0 aromatic carbocycles. The first-order valence-electron chi connectivity index (χ1n) is 4.94. The van der Waals surface area contributed by atoms with Gasteiger partial charge in [-0.1, -0.05) is 0 Å². The molecular formula is C10H9F3N2O2. The Morgan fingerprint density at radius 1 is 1.47 bits per heavy atom. The monoisotopic (exact) mass is 246 g/mol. The van der Waals surface area contributed by atoms with Gasteiger partial charge in [0.15, 0.2) is 0 Å². The van der Waals surface area contributed by atoms with Gasteiger partial charge in [-0.25, -0.2) is 4.79 Å². The van der Waals surface area contributed by atoms with Crippen LogP contribution >= 0.6 is 0 Å². The number of ether oxygens (including phenoxy) is 1. The molecule has 0 saturated carbocycles. The SMILES string of the molecule is O=C(OC(F)(F)F)c1cnc2c(c1)CCNC2. The molecule has 0 bridgehead atoms. The lowest BCUT2D eigenvalue weighted by Crippen LogP contribution is -2.25. The second-order valence-electron chi connectivity index (χ2n) is 3.59. The van der Waals surface area contributed by atoms with Crippen LogP contribution in [0.2, 0.25) is 0 Å². The van der Waals surface area contributed by atoms with Crippen LogP contribution in [-0.2, 0) is 17.7 Å². The third-order valence-corrected chi connectivity index (χ3v) is 2.37. The van der Waals surface area contributed by atoms with Gasteiger partial charge in [0, 0.05) is 12.7 Å². The van der Waals surface area contributed by atoms with Gasteiger partial charge in [0.1, 0.15) is 0 Å². The first kappa shape index (κ1) is 11.8. The van der Waals surface area contributed by atoms with Gasteiger partial charge < -0.3 is 10.1 Å². The van der Waals surface area contributed by atoms with Gasteiger partial charge >= 0.3 is 12.3 Å². The summed E-state index contributed by atoms with van der Waals surface area (Å²) >= 11 is 0. The fourth-order valence-electron chi connectivity index (χ4n) is 1.62. The Hall–Kier alpha value is -1.63. The number of hydrogen-bond donors (Lipinski definition) is 1. The second kappa shape index (κ2) is 4.33. The Balaban J connectivity index is 2.19. The zero-order valence-corrected chi connectivity index (χ0v) is 8.67. The molecule has 1 aromatic heterocycles. The van der Waals surface area contributed by atoms with Gasteiger partial charge in [-0.3, -0.25) is 4.98 Å². The number of aromatic nitrogens is 1. The molecule has 2 rings (SSSR count). The van der Waals surface area contributed by atoms with Crippen LogP contribution in [0.1, 0.15) is 21.6 Å². The van der Waals surface area contributed by atoms with Crippen LogP contribution in [0.25, 0.3) is 0 Å². The maximum Gasteiger partial charge on any atom is 0.575 e. The van der Waals surface area contributed by atoms with Crippen molar-refractivity contribution >= 4 is 5.97 Å². The molecule has 1 aliphatic rings. The van der Waals surface area contributed by atoms with Crippen LogP contribution in [-0.4, -0.2) is 23.9 Å². The molecule has 92 valence electrons. The van der Waals surface area contributed by atoms with Crippen molar-refractivity contribution in [3.05, 3.63) is 29.1 Å². The van der Waals surface area contributed by atoms with E-state index >= 15 is 0 Å². The second-order valence-corrected chi connectivity index (χ2v) is 3.59. The molecule has 1 N–H and O–H groups in total. The minimum Gasteiger partial charge on any atom is -0.369 e.